The molecule has 9 heteroatoms. The molecule has 8 nitrogen and oxygen atoms in total. The standard InChI is InChI=1S/C25H30N8S/c34-25(27-19-20-7-6-10-26-18-20)30-24-28-22(32-11-4-5-12-32)17-23(29-24)33-15-13-31(14-16-33)21-8-2-1-3-9-21/h1-3,6-10,17-18H,4-5,11-16,19H2,(H2,27,28,29,30,34). The van der Waals surface area contributed by atoms with Crippen LogP contribution in [-0.2, 0) is 6.54 Å². The molecule has 2 fully saturated rings. The molecule has 1 aromatic carbocycles. The van der Waals surface area contributed by atoms with E-state index in [1.807, 2.05) is 18.3 Å². The summed E-state index contributed by atoms with van der Waals surface area (Å²) in [6.07, 6.45) is 5.98. The Bertz CT molecular complexity index is 1080. The van der Waals surface area contributed by atoms with Gasteiger partial charge >= 0.3 is 0 Å². The fourth-order valence-electron chi connectivity index (χ4n) is 4.41. The Morgan fingerprint density at radius 2 is 1.50 bits per heavy atom. The highest BCUT2D eigenvalue weighted by Crippen LogP contribution is 2.26. The molecule has 2 aliphatic rings. The average molecular weight is 475 g/mol. The van der Waals surface area contributed by atoms with Gasteiger partial charge in [0.2, 0.25) is 5.95 Å². The van der Waals surface area contributed by atoms with E-state index >= 15 is 0 Å². The van der Waals surface area contributed by atoms with Gasteiger partial charge in [-0.3, -0.25) is 4.98 Å². The first-order chi connectivity index (χ1) is 16.7. The van der Waals surface area contributed by atoms with Crippen LogP contribution in [0.5, 0.6) is 0 Å². The minimum absolute atomic E-state index is 0.502. The van der Waals surface area contributed by atoms with E-state index in [1.54, 1.807) is 6.20 Å². The number of nitrogens with one attached hydrogen (secondary N) is 2. The number of thiocarbonyl (C=S) groups is 1. The predicted molar refractivity (Wildman–Crippen MR) is 142 cm³/mol. The Morgan fingerprint density at radius 1 is 0.824 bits per heavy atom. The minimum Gasteiger partial charge on any atom is -0.368 e. The number of nitrogens with zero attached hydrogens (tertiary/aromatic N) is 6. The molecule has 2 aliphatic heterocycles. The third-order valence-corrected chi connectivity index (χ3v) is 6.50. The summed E-state index contributed by atoms with van der Waals surface area (Å²) in [6.45, 7) is 6.40. The number of benzene rings is 1. The Balaban J connectivity index is 1.28. The SMILES string of the molecule is S=C(NCc1cccnc1)Nc1nc(N2CCCC2)cc(N2CCN(c3ccccc3)CC2)n1. The highest BCUT2D eigenvalue weighted by molar-refractivity contribution is 7.80. The topological polar surface area (TPSA) is 72.5 Å². The number of para-hydroxylation sites is 1. The summed E-state index contributed by atoms with van der Waals surface area (Å²) in [7, 11) is 0. The molecule has 0 aliphatic carbocycles. The van der Waals surface area contributed by atoms with Crippen molar-refractivity contribution in [3.8, 4) is 0 Å². The van der Waals surface area contributed by atoms with Crippen molar-refractivity contribution in [2.45, 2.75) is 19.4 Å². The fourth-order valence-corrected chi connectivity index (χ4v) is 4.57. The highest BCUT2D eigenvalue weighted by atomic mass is 32.1. The van der Waals surface area contributed by atoms with Crippen molar-refractivity contribution in [1.29, 1.82) is 0 Å². The van der Waals surface area contributed by atoms with E-state index in [0.717, 1.165) is 56.5 Å². The summed E-state index contributed by atoms with van der Waals surface area (Å²) in [5, 5.41) is 6.93. The largest absolute Gasteiger partial charge is 0.368 e. The lowest BCUT2D eigenvalue weighted by Gasteiger charge is -2.37. The van der Waals surface area contributed by atoms with E-state index in [4.69, 9.17) is 22.2 Å². The number of aromatic nitrogens is 3. The number of rotatable bonds is 6. The normalized spacial score (nSPS) is 15.9. The van der Waals surface area contributed by atoms with Crippen LogP contribution < -0.4 is 25.3 Å². The van der Waals surface area contributed by atoms with Gasteiger partial charge in [-0.05, 0) is 48.8 Å². The van der Waals surface area contributed by atoms with Crippen molar-refractivity contribution in [3.05, 3.63) is 66.5 Å². The van der Waals surface area contributed by atoms with Gasteiger partial charge in [-0.25, -0.2) is 0 Å². The van der Waals surface area contributed by atoms with Crippen LogP contribution in [0.15, 0.2) is 60.9 Å². The molecule has 0 radical (unpaired) electrons. The molecule has 2 aromatic heterocycles. The zero-order valence-electron chi connectivity index (χ0n) is 19.2. The van der Waals surface area contributed by atoms with E-state index < -0.39 is 0 Å². The summed E-state index contributed by atoms with van der Waals surface area (Å²) in [5.74, 6) is 2.45. The van der Waals surface area contributed by atoms with Gasteiger partial charge < -0.3 is 25.3 Å². The van der Waals surface area contributed by atoms with Crippen molar-refractivity contribution in [1.82, 2.24) is 20.3 Å². The first kappa shape index (κ1) is 22.3. The molecular weight excluding hydrogens is 444 g/mol. The fraction of sp³-hybridized carbons (Fsp3) is 0.360. The van der Waals surface area contributed by atoms with Crippen LogP contribution in [0, 0.1) is 0 Å². The quantitative estimate of drug-likeness (QED) is 0.524. The summed E-state index contributed by atoms with van der Waals surface area (Å²) < 4.78 is 0. The maximum Gasteiger partial charge on any atom is 0.232 e. The second-order valence-electron chi connectivity index (χ2n) is 8.58. The zero-order chi connectivity index (χ0) is 23.2. The van der Waals surface area contributed by atoms with Crippen LogP contribution in [0.2, 0.25) is 0 Å². The van der Waals surface area contributed by atoms with E-state index in [9.17, 15) is 0 Å². The molecule has 0 spiro atoms. The summed E-state index contributed by atoms with van der Waals surface area (Å²) in [6, 6.07) is 16.7. The van der Waals surface area contributed by atoms with Gasteiger partial charge in [0.25, 0.3) is 0 Å². The Morgan fingerprint density at radius 3 is 2.18 bits per heavy atom. The second kappa shape index (κ2) is 10.6. The van der Waals surface area contributed by atoms with Crippen molar-refractivity contribution in [2.75, 3.05) is 59.3 Å². The van der Waals surface area contributed by atoms with Crippen LogP contribution in [0.3, 0.4) is 0 Å². The Labute approximate surface area is 206 Å². The van der Waals surface area contributed by atoms with Crippen molar-refractivity contribution in [2.24, 2.45) is 0 Å². The van der Waals surface area contributed by atoms with Gasteiger partial charge in [-0.15, -0.1) is 0 Å². The molecule has 0 atom stereocenters. The Hall–Kier alpha value is -3.46. The molecule has 0 bridgehead atoms. The van der Waals surface area contributed by atoms with E-state index in [2.05, 4.69) is 66.7 Å². The zero-order valence-corrected chi connectivity index (χ0v) is 20.0. The lowest BCUT2D eigenvalue weighted by Crippen LogP contribution is -2.47. The lowest BCUT2D eigenvalue weighted by atomic mass is 10.2. The number of piperazine rings is 1. The molecule has 5 rings (SSSR count). The van der Waals surface area contributed by atoms with Crippen LogP contribution in [0.1, 0.15) is 18.4 Å². The number of hydrogen-bond acceptors (Lipinski definition) is 7. The van der Waals surface area contributed by atoms with Crippen LogP contribution >= 0.6 is 12.2 Å². The summed E-state index contributed by atoms with van der Waals surface area (Å²) in [4.78, 5) is 20.9. The molecule has 2 N–H and O–H groups in total. The average Bonchev–Trinajstić information content (AvgIpc) is 3.44. The third kappa shape index (κ3) is 5.53. The van der Waals surface area contributed by atoms with E-state index in [0.29, 0.717) is 17.6 Å². The molecule has 2 saturated heterocycles. The predicted octanol–water partition coefficient (Wildman–Crippen LogP) is 3.29. The molecule has 0 saturated carbocycles. The van der Waals surface area contributed by atoms with Crippen molar-refractivity contribution < 1.29 is 0 Å². The van der Waals surface area contributed by atoms with Gasteiger partial charge in [-0.2, -0.15) is 9.97 Å². The van der Waals surface area contributed by atoms with Crippen LogP contribution in [0.25, 0.3) is 0 Å². The van der Waals surface area contributed by atoms with Crippen molar-refractivity contribution >= 4 is 40.6 Å². The van der Waals surface area contributed by atoms with E-state index in [-0.39, 0.29) is 0 Å². The maximum atomic E-state index is 5.53. The smallest absolute Gasteiger partial charge is 0.232 e. The van der Waals surface area contributed by atoms with Crippen molar-refractivity contribution in [3.63, 3.8) is 0 Å². The first-order valence-corrected chi connectivity index (χ1v) is 12.3. The molecule has 176 valence electrons. The molecule has 3 aromatic rings. The maximum absolute atomic E-state index is 5.53. The van der Waals surface area contributed by atoms with Crippen LogP contribution in [0.4, 0.5) is 23.3 Å². The molecule has 4 heterocycles. The third-order valence-electron chi connectivity index (χ3n) is 6.26. The van der Waals surface area contributed by atoms with Crippen LogP contribution in [-0.4, -0.2) is 59.3 Å². The first-order valence-electron chi connectivity index (χ1n) is 11.9. The molecule has 0 amide bonds. The van der Waals surface area contributed by atoms with Gasteiger partial charge in [0, 0.05) is 70.0 Å². The van der Waals surface area contributed by atoms with Gasteiger partial charge in [-0.1, -0.05) is 24.3 Å². The number of hydrogen-bond donors (Lipinski definition) is 2. The van der Waals surface area contributed by atoms with Gasteiger partial charge in [0.15, 0.2) is 5.11 Å². The summed E-state index contributed by atoms with van der Waals surface area (Å²) in [5.41, 5.74) is 2.34. The van der Waals surface area contributed by atoms with E-state index in [1.165, 1.54) is 18.5 Å². The number of pyridine rings is 1. The van der Waals surface area contributed by atoms with Gasteiger partial charge in [0.1, 0.15) is 11.6 Å². The highest BCUT2D eigenvalue weighted by Gasteiger charge is 2.22. The molecule has 0 unspecified atom stereocenters. The van der Waals surface area contributed by atoms with Gasteiger partial charge in [0.05, 0.1) is 0 Å². The molecular formula is C25H30N8S. The minimum atomic E-state index is 0.502. The Kier molecular flexibility index (Phi) is 6.99. The summed E-state index contributed by atoms with van der Waals surface area (Å²) >= 11 is 5.53. The molecule has 34 heavy (non-hydrogen) atoms. The second-order valence-corrected chi connectivity index (χ2v) is 8.99. The monoisotopic (exact) mass is 474 g/mol. The number of anilines is 4. The lowest BCUT2D eigenvalue weighted by molar-refractivity contribution is 0.647.